The van der Waals surface area contributed by atoms with Crippen molar-refractivity contribution in [2.45, 2.75) is 13.8 Å². The SMILES string of the molecule is CCOC(C)=O.C[O-].[Na+]. The molecule has 0 rings (SSSR count). The first kappa shape index (κ1) is 16.2. The zero-order valence-corrected chi connectivity index (χ0v) is 8.43. The van der Waals surface area contributed by atoms with Crippen LogP contribution in [0.1, 0.15) is 13.8 Å². The maximum atomic E-state index is 9.82. The average molecular weight is 142 g/mol. The molecule has 0 aromatic heterocycles. The van der Waals surface area contributed by atoms with Crippen LogP contribution in [0.4, 0.5) is 0 Å². The third-order valence-corrected chi connectivity index (χ3v) is 0.348. The molecule has 0 saturated carbocycles. The molecule has 0 aliphatic heterocycles. The Morgan fingerprint density at radius 2 is 1.89 bits per heavy atom. The molecule has 0 fully saturated rings. The quantitative estimate of drug-likeness (QED) is 0.282. The second-order valence-corrected chi connectivity index (χ2v) is 0.925. The van der Waals surface area contributed by atoms with Crippen molar-refractivity contribution in [1.29, 1.82) is 0 Å². The maximum absolute atomic E-state index is 9.82. The Labute approximate surface area is 77.7 Å². The third kappa shape index (κ3) is 29.6. The molecule has 0 saturated heterocycles. The summed E-state index contributed by atoms with van der Waals surface area (Å²) in [5.74, 6) is -0.211. The number of esters is 1. The van der Waals surface area contributed by atoms with E-state index in [1.807, 2.05) is 0 Å². The minimum Gasteiger partial charge on any atom is -0.857 e. The van der Waals surface area contributed by atoms with Gasteiger partial charge < -0.3 is 9.84 Å². The van der Waals surface area contributed by atoms with Crippen LogP contribution in [0.25, 0.3) is 0 Å². The van der Waals surface area contributed by atoms with E-state index in [4.69, 9.17) is 5.11 Å². The zero-order valence-electron chi connectivity index (χ0n) is 6.43. The minimum atomic E-state index is -0.211. The first-order chi connectivity index (χ1) is 3.77. The van der Waals surface area contributed by atoms with Crippen LogP contribution in [-0.2, 0) is 9.53 Å². The summed E-state index contributed by atoms with van der Waals surface area (Å²) in [6.45, 7) is 3.65. The summed E-state index contributed by atoms with van der Waals surface area (Å²) in [4.78, 5) is 9.82. The minimum absolute atomic E-state index is 0. The van der Waals surface area contributed by atoms with E-state index in [9.17, 15) is 4.79 Å². The van der Waals surface area contributed by atoms with E-state index in [2.05, 4.69) is 4.74 Å². The van der Waals surface area contributed by atoms with Crippen molar-refractivity contribution in [3.05, 3.63) is 0 Å². The molecule has 0 aromatic rings. The van der Waals surface area contributed by atoms with Gasteiger partial charge in [-0.25, -0.2) is 0 Å². The van der Waals surface area contributed by atoms with E-state index in [0.29, 0.717) is 6.61 Å². The van der Waals surface area contributed by atoms with Crippen molar-refractivity contribution in [1.82, 2.24) is 0 Å². The normalized spacial score (nSPS) is 5.78. The second-order valence-electron chi connectivity index (χ2n) is 0.925. The van der Waals surface area contributed by atoms with Crippen LogP contribution in [0.5, 0.6) is 0 Å². The zero-order chi connectivity index (χ0) is 6.99. The molecule has 3 nitrogen and oxygen atoms in total. The van der Waals surface area contributed by atoms with Gasteiger partial charge in [-0.15, -0.1) is 0 Å². The van der Waals surface area contributed by atoms with Gasteiger partial charge in [0.2, 0.25) is 0 Å². The van der Waals surface area contributed by atoms with E-state index in [1.165, 1.54) is 6.92 Å². The topological polar surface area (TPSA) is 49.4 Å². The molecule has 0 unspecified atom stereocenters. The van der Waals surface area contributed by atoms with Gasteiger partial charge in [-0.1, -0.05) is 0 Å². The summed E-state index contributed by atoms with van der Waals surface area (Å²) in [5, 5.41) is 8.25. The first-order valence-corrected chi connectivity index (χ1v) is 2.31. The summed E-state index contributed by atoms with van der Waals surface area (Å²) >= 11 is 0. The standard InChI is InChI=1S/C4H8O2.CH3O.Na/c1-3-6-4(2)5;1-2;/h3H2,1-2H3;1H3;/q;-1;+1. The van der Waals surface area contributed by atoms with Crippen molar-refractivity contribution in [2.75, 3.05) is 13.7 Å². The smallest absolute Gasteiger partial charge is 0.857 e. The van der Waals surface area contributed by atoms with Gasteiger partial charge in [0.1, 0.15) is 0 Å². The number of hydrogen-bond donors (Lipinski definition) is 0. The van der Waals surface area contributed by atoms with E-state index in [0.717, 1.165) is 7.11 Å². The van der Waals surface area contributed by atoms with Gasteiger partial charge in [-0.05, 0) is 6.92 Å². The summed E-state index contributed by atoms with van der Waals surface area (Å²) in [7, 11) is 0.750. The number of carbonyl (C=O) groups excluding carboxylic acids is 1. The van der Waals surface area contributed by atoms with Gasteiger partial charge in [-0.2, -0.15) is 7.11 Å². The largest absolute Gasteiger partial charge is 1.00 e. The summed E-state index contributed by atoms with van der Waals surface area (Å²) in [6.07, 6.45) is 0. The van der Waals surface area contributed by atoms with Crippen LogP contribution >= 0.6 is 0 Å². The molecule has 0 atom stereocenters. The molecule has 0 spiro atoms. The summed E-state index contributed by atoms with van der Waals surface area (Å²) < 4.78 is 4.40. The Morgan fingerprint density at radius 1 is 1.56 bits per heavy atom. The molecule has 4 heteroatoms. The van der Waals surface area contributed by atoms with Gasteiger partial charge >= 0.3 is 35.5 Å². The second kappa shape index (κ2) is 15.8. The fraction of sp³-hybridized carbons (Fsp3) is 0.800. The number of carbonyl (C=O) groups is 1. The van der Waals surface area contributed by atoms with E-state index >= 15 is 0 Å². The van der Waals surface area contributed by atoms with Crippen LogP contribution < -0.4 is 34.7 Å². The fourth-order valence-electron chi connectivity index (χ4n) is 0.203. The van der Waals surface area contributed by atoms with E-state index in [-0.39, 0.29) is 35.5 Å². The van der Waals surface area contributed by atoms with Gasteiger partial charge in [0.05, 0.1) is 6.61 Å². The van der Waals surface area contributed by atoms with E-state index in [1.54, 1.807) is 6.92 Å². The van der Waals surface area contributed by atoms with Gasteiger partial charge in [-0.3, -0.25) is 4.79 Å². The van der Waals surface area contributed by atoms with Crippen molar-refractivity contribution >= 4 is 5.97 Å². The van der Waals surface area contributed by atoms with Crippen molar-refractivity contribution in [3.63, 3.8) is 0 Å². The number of ether oxygens (including phenoxy) is 1. The summed E-state index contributed by atoms with van der Waals surface area (Å²) in [6, 6.07) is 0. The van der Waals surface area contributed by atoms with Crippen molar-refractivity contribution in [2.24, 2.45) is 0 Å². The van der Waals surface area contributed by atoms with Gasteiger partial charge in [0, 0.05) is 6.92 Å². The molecule has 0 bridgehead atoms. The number of rotatable bonds is 1. The first-order valence-electron chi connectivity index (χ1n) is 2.31. The molecule has 0 amide bonds. The van der Waals surface area contributed by atoms with Crippen molar-refractivity contribution in [3.8, 4) is 0 Å². The van der Waals surface area contributed by atoms with Crippen LogP contribution in [0.3, 0.4) is 0 Å². The van der Waals surface area contributed by atoms with E-state index < -0.39 is 0 Å². The molecule has 9 heavy (non-hydrogen) atoms. The molecular weight excluding hydrogens is 131 g/mol. The Hall–Kier alpha value is 0.430. The maximum Gasteiger partial charge on any atom is 1.00 e. The average Bonchev–Trinajstić information content (AvgIpc) is 1.72. The molecule has 0 radical (unpaired) electrons. The number of hydrogen-bond acceptors (Lipinski definition) is 3. The molecule has 0 aliphatic carbocycles. The van der Waals surface area contributed by atoms with Crippen molar-refractivity contribution < 1.29 is 44.2 Å². The van der Waals surface area contributed by atoms with Crippen LogP contribution in [0.2, 0.25) is 0 Å². The monoisotopic (exact) mass is 142 g/mol. The predicted molar refractivity (Wildman–Crippen MR) is 28.2 cm³/mol. The molecule has 0 aliphatic rings. The molecule has 0 N–H and O–H groups in total. The van der Waals surface area contributed by atoms with Crippen LogP contribution in [-0.4, -0.2) is 19.7 Å². The Kier molecular flexibility index (Phi) is 28.4. The molecule has 50 valence electrons. The summed E-state index contributed by atoms with van der Waals surface area (Å²) in [5.41, 5.74) is 0. The third-order valence-electron chi connectivity index (χ3n) is 0.348. The Morgan fingerprint density at radius 3 is 1.89 bits per heavy atom. The van der Waals surface area contributed by atoms with Gasteiger partial charge in [0.15, 0.2) is 0 Å². The van der Waals surface area contributed by atoms with Crippen LogP contribution in [0, 0.1) is 0 Å². The Bertz CT molecular complexity index is 56.2. The predicted octanol–water partition coefficient (Wildman–Crippen LogP) is -3.45. The molecule has 0 aromatic carbocycles. The Balaban J connectivity index is -0.000000109. The molecule has 0 heterocycles. The molecular formula is C5H11NaO3. The fourth-order valence-corrected chi connectivity index (χ4v) is 0.203. The van der Waals surface area contributed by atoms with Crippen LogP contribution in [0.15, 0.2) is 0 Å². The van der Waals surface area contributed by atoms with Gasteiger partial charge in [0.25, 0.3) is 0 Å².